The predicted octanol–water partition coefficient (Wildman–Crippen LogP) is 1.59. The second kappa shape index (κ2) is 8.60. The molecule has 0 heterocycles. The topological polar surface area (TPSA) is 84.2 Å². The highest BCUT2D eigenvalue weighted by Crippen LogP contribution is 2.24. The summed E-state index contributed by atoms with van der Waals surface area (Å²) in [6, 6.07) is 7.42. The third kappa shape index (κ3) is 6.08. The maximum absolute atomic E-state index is 11.8. The fourth-order valence-corrected chi connectivity index (χ4v) is 2.43. The Balaban J connectivity index is 2.47. The molecule has 0 aliphatic heterocycles. The van der Waals surface area contributed by atoms with Gasteiger partial charge in [0.05, 0.1) is 5.25 Å². The van der Waals surface area contributed by atoms with Crippen LogP contribution in [0.15, 0.2) is 29.2 Å². The van der Waals surface area contributed by atoms with Gasteiger partial charge in [-0.3, -0.25) is 9.59 Å². The van der Waals surface area contributed by atoms with Crippen molar-refractivity contribution in [3.63, 3.8) is 0 Å². The van der Waals surface area contributed by atoms with Crippen molar-refractivity contribution in [1.82, 2.24) is 5.32 Å². The van der Waals surface area contributed by atoms with Crippen molar-refractivity contribution in [2.24, 2.45) is 5.73 Å². The summed E-state index contributed by atoms with van der Waals surface area (Å²) < 4.78 is 0. The summed E-state index contributed by atoms with van der Waals surface area (Å²) in [6.07, 6.45) is 0.786. The molecule has 1 rings (SSSR count). The van der Waals surface area contributed by atoms with Gasteiger partial charge in [-0.25, -0.2) is 0 Å². The van der Waals surface area contributed by atoms with Crippen molar-refractivity contribution in [3.8, 4) is 0 Å². The normalized spacial score (nSPS) is 11.8. The molecule has 1 unspecified atom stereocenters. The summed E-state index contributed by atoms with van der Waals surface area (Å²) in [5.41, 5.74) is 6.13. The van der Waals surface area contributed by atoms with Crippen LogP contribution in [0, 0.1) is 0 Å². The van der Waals surface area contributed by atoms with Gasteiger partial charge in [0.1, 0.15) is 0 Å². The van der Waals surface area contributed by atoms with Gasteiger partial charge in [0.25, 0.3) is 0 Å². The highest BCUT2D eigenvalue weighted by Gasteiger charge is 2.13. The molecule has 6 heteroatoms. The summed E-state index contributed by atoms with van der Waals surface area (Å²) in [5, 5.41) is 5.38. The van der Waals surface area contributed by atoms with Crippen molar-refractivity contribution in [1.29, 1.82) is 0 Å². The molecule has 0 bridgehead atoms. The van der Waals surface area contributed by atoms with Crippen LogP contribution >= 0.6 is 11.8 Å². The highest BCUT2D eigenvalue weighted by molar-refractivity contribution is 8.00. The third-order valence-corrected chi connectivity index (χ3v) is 3.65. The standard InChI is InChI=1S/C14H21N3O2S/c1-10(14(19)16-9-3-8-15)20-13-6-4-12(5-7-13)17-11(2)18/h4-7,10H,3,8-9,15H2,1-2H3,(H,16,19)(H,17,18). The number of thioether (sulfide) groups is 1. The molecule has 0 fully saturated rings. The first-order valence-electron chi connectivity index (χ1n) is 6.55. The number of carbonyl (C=O) groups is 2. The molecule has 0 spiro atoms. The number of anilines is 1. The van der Waals surface area contributed by atoms with Crippen LogP contribution in [0.4, 0.5) is 5.69 Å². The molecule has 5 nitrogen and oxygen atoms in total. The van der Waals surface area contributed by atoms with Crippen molar-refractivity contribution in [2.75, 3.05) is 18.4 Å². The molecule has 4 N–H and O–H groups in total. The van der Waals surface area contributed by atoms with Crippen LogP contribution in [0.25, 0.3) is 0 Å². The minimum Gasteiger partial charge on any atom is -0.355 e. The first-order chi connectivity index (χ1) is 9.52. The Morgan fingerprint density at radius 1 is 1.30 bits per heavy atom. The van der Waals surface area contributed by atoms with Crippen LogP contribution in [0.2, 0.25) is 0 Å². The third-order valence-electron chi connectivity index (χ3n) is 2.54. The molecular weight excluding hydrogens is 274 g/mol. The van der Waals surface area contributed by atoms with Crippen molar-refractivity contribution >= 4 is 29.3 Å². The smallest absolute Gasteiger partial charge is 0.233 e. The van der Waals surface area contributed by atoms with Crippen LogP contribution in [0.3, 0.4) is 0 Å². The lowest BCUT2D eigenvalue weighted by Crippen LogP contribution is -2.32. The van der Waals surface area contributed by atoms with E-state index in [1.54, 1.807) is 0 Å². The van der Waals surface area contributed by atoms with Gasteiger partial charge in [-0.2, -0.15) is 0 Å². The Bertz CT molecular complexity index is 448. The lowest BCUT2D eigenvalue weighted by Gasteiger charge is -2.12. The van der Waals surface area contributed by atoms with Crippen molar-refractivity contribution in [2.45, 2.75) is 30.4 Å². The number of hydrogen-bond donors (Lipinski definition) is 3. The second-order valence-electron chi connectivity index (χ2n) is 4.40. The van der Waals surface area contributed by atoms with Crippen LogP contribution < -0.4 is 16.4 Å². The molecule has 2 amide bonds. The van der Waals surface area contributed by atoms with E-state index in [4.69, 9.17) is 5.73 Å². The average molecular weight is 295 g/mol. The van der Waals surface area contributed by atoms with E-state index in [9.17, 15) is 9.59 Å². The van der Waals surface area contributed by atoms with Gasteiger partial charge in [0.15, 0.2) is 0 Å². The predicted molar refractivity (Wildman–Crippen MR) is 82.7 cm³/mol. The van der Waals surface area contributed by atoms with Gasteiger partial charge in [-0.1, -0.05) is 0 Å². The van der Waals surface area contributed by atoms with E-state index in [0.717, 1.165) is 17.0 Å². The zero-order valence-electron chi connectivity index (χ0n) is 11.8. The van der Waals surface area contributed by atoms with Crippen LogP contribution in [0.5, 0.6) is 0 Å². The highest BCUT2D eigenvalue weighted by atomic mass is 32.2. The molecule has 0 aromatic heterocycles. The number of hydrogen-bond acceptors (Lipinski definition) is 4. The summed E-state index contributed by atoms with van der Waals surface area (Å²) in [7, 11) is 0. The van der Waals surface area contributed by atoms with E-state index in [-0.39, 0.29) is 17.1 Å². The lowest BCUT2D eigenvalue weighted by molar-refractivity contribution is -0.120. The summed E-state index contributed by atoms with van der Waals surface area (Å²) in [5.74, 6) is -0.0903. The van der Waals surface area contributed by atoms with Gasteiger partial charge in [0.2, 0.25) is 11.8 Å². The van der Waals surface area contributed by atoms with Crippen LogP contribution in [0.1, 0.15) is 20.3 Å². The minimum atomic E-state index is -0.167. The monoisotopic (exact) mass is 295 g/mol. The quantitative estimate of drug-likeness (QED) is 0.527. The van der Waals surface area contributed by atoms with Gasteiger partial charge in [-0.05, 0) is 44.2 Å². The Kier molecular flexibility index (Phi) is 7.11. The Labute approximate surface area is 123 Å². The maximum atomic E-state index is 11.8. The fourth-order valence-electron chi connectivity index (χ4n) is 1.54. The maximum Gasteiger partial charge on any atom is 0.233 e. The molecule has 0 saturated heterocycles. The molecule has 0 radical (unpaired) electrons. The molecule has 110 valence electrons. The molecule has 1 aromatic rings. The molecule has 0 aliphatic rings. The van der Waals surface area contributed by atoms with E-state index >= 15 is 0 Å². The Morgan fingerprint density at radius 2 is 1.95 bits per heavy atom. The molecule has 1 atom stereocenters. The van der Waals surface area contributed by atoms with Crippen LogP contribution in [-0.2, 0) is 9.59 Å². The van der Waals surface area contributed by atoms with Gasteiger partial charge < -0.3 is 16.4 Å². The van der Waals surface area contributed by atoms with E-state index < -0.39 is 0 Å². The van der Waals surface area contributed by atoms with Gasteiger partial charge in [0, 0.05) is 24.1 Å². The van der Waals surface area contributed by atoms with E-state index in [2.05, 4.69) is 10.6 Å². The Morgan fingerprint density at radius 3 is 2.50 bits per heavy atom. The minimum absolute atomic E-state index is 0.00869. The summed E-state index contributed by atoms with van der Waals surface area (Å²) in [4.78, 5) is 23.7. The molecule has 1 aromatic carbocycles. The zero-order valence-corrected chi connectivity index (χ0v) is 12.6. The number of rotatable bonds is 7. The van der Waals surface area contributed by atoms with E-state index in [0.29, 0.717) is 13.1 Å². The van der Waals surface area contributed by atoms with E-state index in [1.807, 2.05) is 31.2 Å². The van der Waals surface area contributed by atoms with Crippen molar-refractivity contribution in [3.05, 3.63) is 24.3 Å². The number of nitrogens with one attached hydrogen (secondary N) is 2. The summed E-state index contributed by atoms with van der Waals surface area (Å²) >= 11 is 1.48. The number of nitrogens with two attached hydrogens (primary N) is 1. The number of benzene rings is 1. The van der Waals surface area contributed by atoms with Crippen LogP contribution in [-0.4, -0.2) is 30.2 Å². The zero-order chi connectivity index (χ0) is 15.0. The van der Waals surface area contributed by atoms with E-state index in [1.165, 1.54) is 18.7 Å². The molecule has 0 saturated carbocycles. The molecule has 20 heavy (non-hydrogen) atoms. The van der Waals surface area contributed by atoms with Gasteiger partial charge >= 0.3 is 0 Å². The van der Waals surface area contributed by atoms with Gasteiger partial charge in [-0.15, -0.1) is 11.8 Å². The number of amides is 2. The SMILES string of the molecule is CC(=O)Nc1ccc(SC(C)C(=O)NCCCN)cc1. The first kappa shape index (κ1) is 16.5. The first-order valence-corrected chi connectivity index (χ1v) is 7.43. The fraction of sp³-hybridized carbons (Fsp3) is 0.429. The average Bonchev–Trinajstić information content (AvgIpc) is 2.40. The largest absolute Gasteiger partial charge is 0.355 e. The lowest BCUT2D eigenvalue weighted by atomic mass is 10.3. The van der Waals surface area contributed by atoms with Crippen molar-refractivity contribution < 1.29 is 9.59 Å². The Hall–Kier alpha value is -1.53. The number of carbonyl (C=O) groups excluding carboxylic acids is 2. The molecular formula is C14H21N3O2S. The molecule has 0 aliphatic carbocycles. The summed E-state index contributed by atoms with van der Waals surface area (Å²) in [6.45, 7) is 4.52. The second-order valence-corrected chi connectivity index (χ2v) is 5.81.